The van der Waals surface area contributed by atoms with E-state index in [2.05, 4.69) is 22.3 Å². The van der Waals surface area contributed by atoms with Gasteiger partial charge in [0.15, 0.2) is 11.5 Å². The van der Waals surface area contributed by atoms with Gasteiger partial charge in [0.25, 0.3) is 0 Å². The number of halogens is 1. The van der Waals surface area contributed by atoms with Crippen molar-refractivity contribution in [2.24, 2.45) is 5.92 Å². The van der Waals surface area contributed by atoms with Crippen LogP contribution in [0, 0.1) is 5.92 Å². The van der Waals surface area contributed by atoms with Crippen molar-refractivity contribution in [3.05, 3.63) is 58.6 Å². The molecular formula is C25H33ClN2O3. The molecular weight excluding hydrogens is 412 g/mol. The van der Waals surface area contributed by atoms with Crippen LogP contribution in [-0.2, 0) is 17.9 Å². The Morgan fingerprint density at radius 2 is 2.06 bits per heavy atom. The van der Waals surface area contributed by atoms with Gasteiger partial charge in [-0.15, -0.1) is 0 Å². The van der Waals surface area contributed by atoms with Crippen LogP contribution in [0.1, 0.15) is 43.7 Å². The van der Waals surface area contributed by atoms with E-state index < -0.39 is 0 Å². The number of likely N-dealkylation sites (tertiary alicyclic amines) is 1. The van der Waals surface area contributed by atoms with Crippen LogP contribution in [0.5, 0.6) is 11.5 Å². The molecule has 31 heavy (non-hydrogen) atoms. The van der Waals surface area contributed by atoms with Crippen molar-refractivity contribution in [3.63, 3.8) is 0 Å². The molecule has 0 bridgehead atoms. The van der Waals surface area contributed by atoms with Crippen molar-refractivity contribution in [3.8, 4) is 11.5 Å². The Morgan fingerprint density at radius 1 is 1.23 bits per heavy atom. The Kier molecular flexibility index (Phi) is 9.04. The van der Waals surface area contributed by atoms with Crippen molar-refractivity contribution in [2.75, 3.05) is 26.8 Å². The number of piperidine rings is 1. The molecule has 1 unspecified atom stereocenters. The number of hydrogen-bond acceptors (Lipinski definition) is 4. The Balaban J connectivity index is 1.45. The third-order valence-corrected chi connectivity index (χ3v) is 6.12. The van der Waals surface area contributed by atoms with Gasteiger partial charge in [-0.25, -0.2) is 0 Å². The van der Waals surface area contributed by atoms with Crippen molar-refractivity contribution in [1.29, 1.82) is 0 Å². The van der Waals surface area contributed by atoms with Gasteiger partial charge >= 0.3 is 0 Å². The number of amides is 1. The fraction of sp³-hybridized carbons (Fsp3) is 0.480. The number of rotatable bonds is 10. The molecule has 3 rings (SSSR count). The number of methoxy groups -OCH3 is 1. The molecule has 0 spiro atoms. The normalized spacial score (nSPS) is 16.7. The number of ether oxygens (including phenoxy) is 2. The third-order valence-electron chi connectivity index (χ3n) is 5.75. The van der Waals surface area contributed by atoms with Gasteiger partial charge in [0.2, 0.25) is 5.91 Å². The molecule has 1 aliphatic rings. The Hall–Kier alpha value is -2.24. The summed E-state index contributed by atoms with van der Waals surface area (Å²) in [6.45, 7) is 6.07. The van der Waals surface area contributed by atoms with Gasteiger partial charge in [0, 0.05) is 31.1 Å². The molecule has 0 saturated carbocycles. The first-order valence-electron chi connectivity index (χ1n) is 11.1. The molecule has 0 aliphatic carbocycles. The van der Waals surface area contributed by atoms with E-state index in [4.69, 9.17) is 21.1 Å². The van der Waals surface area contributed by atoms with Crippen LogP contribution in [0.2, 0.25) is 5.02 Å². The first kappa shape index (κ1) is 23.4. The number of hydrogen-bond donors (Lipinski definition) is 1. The largest absolute Gasteiger partial charge is 0.493 e. The minimum Gasteiger partial charge on any atom is -0.493 e. The predicted molar refractivity (Wildman–Crippen MR) is 125 cm³/mol. The minimum absolute atomic E-state index is 0.0913. The molecule has 1 aliphatic heterocycles. The van der Waals surface area contributed by atoms with Crippen molar-refractivity contribution < 1.29 is 14.3 Å². The molecule has 6 heteroatoms. The number of carbonyl (C=O) groups is 1. The van der Waals surface area contributed by atoms with E-state index in [1.807, 2.05) is 37.3 Å². The summed E-state index contributed by atoms with van der Waals surface area (Å²) in [5, 5.41) is 3.69. The first-order valence-corrected chi connectivity index (χ1v) is 11.5. The maximum Gasteiger partial charge on any atom is 0.220 e. The fourth-order valence-corrected chi connectivity index (χ4v) is 4.34. The molecule has 1 N–H and O–H groups in total. The smallest absolute Gasteiger partial charge is 0.220 e. The Labute approximate surface area is 190 Å². The van der Waals surface area contributed by atoms with Gasteiger partial charge in [-0.2, -0.15) is 0 Å². The first-order chi connectivity index (χ1) is 15.1. The van der Waals surface area contributed by atoms with Gasteiger partial charge < -0.3 is 14.8 Å². The van der Waals surface area contributed by atoms with Crippen LogP contribution in [0.15, 0.2) is 42.5 Å². The monoisotopic (exact) mass is 444 g/mol. The van der Waals surface area contributed by atoms with Gasteiger partial charge in [-0.1, -0.05) is 35.9 Å². The van der Waals surface area contributed by atoms with Gasteiger partial charge in [0.1, 0.15) is 0 Å². The maximum atomic E-state index is 12.3. The molecule has 2 aromatic carbocycles. The number of nitrogens with zero attached hydrogens (tertiary/aromatic N) is 1. The summed E-state index contributed by atoms with van der Waals surface area (Å²) in [6, 6.07) is 13.8. The second kappa shape index (κ2) is 12.0. The van der Waals surface area contributed by atoms with Crippen molar-refractivity contribution in [1.82, 2.24) is 10.2 Å². The van der Waals surface area contributed by atoms with E-state index in [0.29, 0.717) is 30.5 Å². The zero-order valence-corrected chi connectivity index (χ0v) is 19.3. The van der Waals surface area contributed by atoms with Crippen LogP contribution >= 0.6 is 11.6 Å². The van der Waals surface area contributed by atoms with E-state index in [9.17, 15) is 4.79 Å². The summed E-state index contributed by atoms with van der Waals surface area (Å²) < 4.78 is 11.1. The molecule has 1 amide bonds. The van der Waals surface area contributed by atoms with Crippen LogP contribution < -0.4 is 14.8 Å². The van der Waals surface area contributed by atoms with Gasteiger partial charge in [-0.05, 0) is 68.0 Å². The molecule has 2 aromatic rings. The van der Waals surface area contributed by atoms with Crippen LogP contribution in [0.25, 0.3) is 0 Å². The highest BCUT2D eigenvalue weighted by atomic mass is 35.5. The maximum absolute atomic E-state index is 12.3. The molecule has 0 radical (unpaired) electrons. The molecule has 1 heterocycles. The topological polar surface area (TPSA) is 50.8 Å². The highest BCUT2D eigenvalue weighted by molar-refractivity contribution is 6.31. The second-order valence-corrected chi connectivity index (χ2v) is 8.48. The standard InChI is InChI=1S/C25H33ClN2O3/c1-3-31-24-15-20(10-12-23(24)30-2)18-28-14-6-7-19(17-28)11-13-25(29)27-16-21-8-4-5-9-22(21)26/h4-5,8-10,12,15,19H,3,6-7,11,13-14,16-18H2,1-2H3,(H,27,29). The SMILES string of the molecule is CCOc1cc(CN2CCCC(CCC(=O)NCc3ccccc3Cl)C2)ccc1OC. The van der Waals surface area contributed by atoms with Crippen molar-refractivity contribution >= 4 is 17.5 Å². The third kappa shape index (κ3) is 7.15. The van der Waals surface area contributed by atoms with Crippen LogP contribution in [0.4, 0.5) is 0 Å². The highest BCUT2D eigenvalue weighted by Gasteiger charge is 2.21. The zero-order valence-electron chi connectivity index (χ0n) is 18.5. The quantitative estimate of drug-likeness (QED) is 0.556. The zero-order chi connectivity index (χ0) is 22.1. The van der Waals surface area contributed by atoms with E-state index >= 15 is 0 Å². The molecule has 0 aromatic heterocycles. The summed E-state index contributed by atoms with van der Waals surface area (Å²) >= 11 is 6.16. The Morgan fingerprint density at radius 3 is 2.84 bits per heavy atom. The van der Waals surface area contributed by atoms with Crippen molar-refractivity contribution in [2.45, 2.75) is 45.7 Å². The lowest BCUT2D eigenvalue weighted by Gasteiger charge is -2.32. The predicted octanol–water partition coefficient (Wildman–Crippen LogP) is 5.06. The molecule has 5 nitrogen and oxygen atoms in total. The average Bonchev–Trinajstić information content (AvgIpc) is 2.78. The summed E-state index contributed by atoms with van der Waals surface area (Å²) in [6.07, 6.45) is 3.82. The molecule has 168 valence electrons. The van der Waals surface area contributed by atoms with Crippen LogP contribution in [0.3, 0.4) is 0 Å². The molecule has 1 fully saturated rings. The number of carbonyl (C=O) groups excluding carboxylic acids is 1. The van der Waals surface area contributed by atoms with E-state index in [1.165, 1.54) is 18.4 Å². The lowest BCUT2D eigenvalue weighted by Crippen LogP contribution is -2.35. The van der Waals surface area contributed by atoms with E-state index in [1.54, 1.807) is 7.11 Å². The Bertz CT molecular complexity index is 858. The van der Waals surface area contributed by atoms with Gasteiger partial charge in [-0.3, -0.25) is 9.69 Å². The highest BCUT2D eigenvalue weighted by Crippen LogP contribution is 2.29. The van der Waals surface area contributed by atoms with Crippen LogP contribution in [-0.4, -0.2) is 37.6 Å². The second-order valence-electron chi connectivity index (χ2n) is 8.07. The lowest BCUT2D eigenvalue weighted by atomic mass is 9.93. The fourth-order valence-electron chi connectivity index (χ4n) is 4.14. The number of benzene rings is 2. The summed E-state index contributed by atoms with van der Waals surface area (Å²) in [4.78, 5) is 14.8. The van der Waals surface area contributed by atoms with E-state index in [-0.39, 0.29) is 5.91 Å². The molecule has 1 saturated heterocycles. The summed E-state index contributed by atoms with van der Waals surface area (Å²) in [5.74, 6) is 2.20. The lowest BCUT2D eigenvalue weighted by molar-refractivity contribution is -0.121. The minimum atomic E-state index is 0.0913. The summed E-state index contributed by atoms with van der Waals surface area (Å²) in [5.41, 5.74) is 2.18. The average molecular weight is 445 g/mol. The number of nitrogens with one attached hydrogen (secondary N) is 1. The summed E-state index contributed by atoms with van der Waals surface area (Å²) in [7, 11) is 1.66. The molecule has 1 atom stereocenters. The van der Waals surface area contributed by atoms with E-state index in [0.717, 1.165) is 43.1 Å². The van der Waals surface area contributed by atoms with Gasteiger partial charge in [0.05, 0.1) is 13.7 Å².